The van der Waals surface area contributed by atoms with Crippen LogP contribution in [0.3, 0.4) is 0 Å². The molecule has 0 aromatic rings. The SMILES string of the molecule is CCOCCOCC(=O)N(O)CCC(F)(F)C(F)(F)C(F)(F)C(F)(F)C(F)(F)C(F)(F)F. The highest BCUT2D eigenvalue weighted by molar-refractivity contribution is 5.76. The summed E-state index contributed by atoms with van der Waals surface area (Å²) >= 11 is 0. The molecule has 0 spiro atoms. The number of carbonyl (C=O) groups is 1. The Morgan fingerprint density at radius 3 is 1.62 bits per heavy atom. The van der Waals surface area contributed by atoms with Gasteiger partial charge in [-0.25, -0.2) is 5.06 Å². The van der Waals surface area contributed by atoms with Gasteiger partial charge in [0.25, 0.3) is 5.91 Å². The Hall–Kier alpha value is -1.56. The molecule has 0 aromatic heterocycles. The molecule has 192 valence electrons. The average molecular weight is 509 g/mol. The molecule has 0 saturated carbocycles. The first-order chi connectivity index (χ1) is 14.1. The molecular formula is C14H16F13NO4. The fourth-order valence-corrected chi connectivity index (χ4v) is 1.83. The van der Waals surface area contributed by atoms with Gasteiger partial charge in [-0.2, -0.15) is 57.1 Å². The van der Waals surface area contributed by atoms with Crippen molar-refractivity contribution in [2.24, 2.45) is 0 Å². The second kappa shape index (κ2) is 10.1. The molecule has 0 atom stereocenters. The molecule has 0 aliphatic rings. The lowest BCUT2D eigenvalue weighted by Gasteiger charge is -2.39. The number of nitrogens with zero attached hydrogens (tertiary/aromatic N) is 1. The van der Waals surface area contributed by atoms with Crippen molar-refractivity contribution in [2.45, 2.75) is 49.1 Å². The van der Waals surface area contributed by atoms with Crippen LogP contribution in [0.1, 0.15) is 13.3 Å². The molecule has 0 bridgehead atoms. The second-order valence-corrected chi connectivity index (χ2v) is 6.02. The topological polar surface area (TPSA) is 59.0 Å². The van der Waals surface area contributed by atoms with Crippen LogP contribution in [0.2, 0.25) is 0 Å². The maximum absolute atomic E-state index is 13.5. The maximum Gasteiger partial charge on any atom is 0.460 e. The minimum absolute atomic E-state index is 0.0641. The highest BCUT2D eigenvalue weighted by Gasteiger charge is 2.90. The van der Waals surface area contributed by atoms with Gasteiger partial charge in [-0.05, 0) is 6.92 Å². The number of halogens is 13. The summed E-state index contributed by atoms with van der Waals surface area (Å²) in [7, 11) is 0. The highest BCUT2D eigenvalue weighted by atomic mass is 19.4. The van der Waals surface area contributed by atoms with E-state index in [1.54, 1.807) is 6.92 Å². The van der Waals surface area contributed by atoms with Gasteiger partial charge in [-0.1, -0.05) is 0 Å². The molecule has 32 heavy (non-hydrogen) atoms. The minimum atomic E-state index is -8.01. The van der Waals surface area contributed by atoms with E-state index in [9.17, 15) is 61.9 Å². The average Bonchev–Trinajstić information content (AvgIpc) is 2.64. The van der Waals surface area contributed by atoms with E-state index in [2.05, 4.69) is 4.74 Å². The van der Waals surface area contributed by atoms with E-state index in [1.165, 1.54) is 0 Å². The molecule has 5 nitrogen and oxygen atoms in total. The van der Waals surface area contributed by atoms with Crippen LogP contribution >= 0.6 is 0 Å². The van der Waals surface area contributed by atoms with Crippen molar-refractivity contribution in [3.63, 3.8) is 0 Å². The van der Waals surface area contributed by atoms with Crippen LogP contribution in [0.5, 0.6) is 0 Å². The van der Waals surface area contributed by atoms with Gasteiger partial charge in [0.2, 0.25) is 0 Å². The zero-order valence-electron chi connectivity index (χ0n) is 15.8. The van der Waals surface area contributed by atoms with Crippen LogP contribution < -0.4 is 0 Å². The van der Waals surface area contributed by atoms with E-state index >= 15 is 0 Å². The standard InChI is InChI=1S/C14H16F13NO4/c1-2-31-5-6-32-7-8(29)28(30)4-3-9(15,16)10(17,18)11(19,20)12(21,22)13(23,24)14(25,26)27/h30H,2-7H2,1H3. The number of hydrogen-bond acceptors (Lipinski definition) is 4. The quantitative estimate of drug-likeness (QED) is 0.173. The van der Waals surface area contributed by atoms with Crippen LogP contribution in [0.4, 0.5) is 57.1 Å². The summed E-state index contributed by atoms with van der Waals surface area (Å²) in [4.78, 5) is 11.3. The summed E-state index contributed by atoms with van der Waals surface area (Å²) < 4.78 is 177. The number of carbonyl (C=O) groups excluding carboxylic acids is 1. The molecule has 0 aliphatic heterocycles. The number of alkyl halides is 13. The summed E-state index contributed by atoms with van der Waals surface area (Å²) in [5, 5.41) is 8.38. The Balaban J connectivity index is 5.41. The smallest absolute Gasteiger partial charge is 0.379 e. The summed E-state index contributed by atoms with van der Waals surface area (Å²) in [6.07, 6.45) is -10.2. The molecule has 0 fully saturated rings. The van der Waals surface area contributed by atoms with Crippen molar-refractivity contribution in [3.05, 3.63) is 0 Å². The molecule has 18 heteroatoms. The van der Waals surface area contributed by atoms with Gasteiger partial charge in [-0.15, -0.1) is 0 Å². The predicted octanol–water partition coefficient (Wildman–Crippen LogP) is 4.39. The summed E-state index contributed by atoms with van der Waals surface area (Å²) in [6.45, 7) is -1.50. The Bertz CT molecular complexity index is 624. The van der Waals surface area contributed by atoms with Crippen molar-refractivity contribution in [1.29, 1.82) is 0 Å². The number of hydrogen-bond donors (Lipinski definition) is 1. The van der Waals surface area contributed by atoms with Gasteiger partial charge in [0, 0.05) is 13.0 Å². The molecule has 0 aromatic carbocycles. The summed E-state index contributed by atoms with van der Waals surface area (Å²) in [5.41, 5.74) is 0. The lowest BCUT2D eigenvalue weighted by atomic mass is 9.92. The van der Waals surface area contributed by atoms with Crippen LogP contribution in [-0.2, 0) is 14.3 Å². The first kappa shape index (κ1) is 30.4. The number of rotatable bonds is 13. The van der Waals surface area contributed by atoms with E-state index in [-0.39, 0.29) is 19.8 Å². The van der Waals surface area contributed by atoms with Crippen molar-refractivity contribution in [3.8, 4) is 0 Å². The van der Waals surface area contributed by atoms with Crippen molar-refractivity contribution in [1.82, 2.24) is 5.06 Å². The molecule has 0 heterocycles. The van der Waals surface area contributed by atoms with Gasteiger partial charge < -0.3 is 9.47 Å². The molecule has 0 unspecified atom stereocenters. The normalized spacial score (nSPS) is 14.6. The van der Waals surface area contributed by atoms with Gasteiger partial charge in [0.1, 0.15) is 6.61 Å². The third-order valence-electron chi connectivity index (χ3n) is 3.73. The molecule has 0 radical (unpaired) electrons. The lowest BCUT2D eigenvalue weighted by Crippen LogP contribution is -2.70. The lowest BCUT2D eigenvalue weighted by molar-refractivity contribution is -0.440. The first-order valence-corrected chi connectivity index (χ1v) is 8.22. The second-order valence-electron chi connectivity index (χ2n) is 6.02. The molecule has 0 rings (SSSR count). The maximum atomic E-state index is 13.5. The third kappa shape index (κ3) is 5.86. The Kier molecular flexibility index (Phi) is 9.65. The van der Waals surface area contributed by atoms with Crippen LogP contribution in [0.25, 0.3) is 0 Å². The summed E-state index contributed by atoms with van der Waals surface area (Å²) in [6, 6.07) is 0. The van der Waals surface area contributed by atoms with Crippen molar-refractivity contribution >= 4 is 5.91 Å². The van der Waals surface area contributed by atoms with Gasteiger partial charge in [-0.3, -0.25) is 10.0 Å². The van der Waals surface area contributed by atoms with Crippen molar-refractivity contribution in [2.75, 3.05) is 33.0 Å². The Morgan fingerprint density at radius 2 is 1.19 bits per heavy atom. The largest absolute Gasteiger partial charge is 0.460 e. The van der Waals surface area contributed by atoms with Gasteiger partial charge >= 0.3 is 35.8 Å². The molecule has 1 N–H and O–H groups in total. The molecule has 0 aliphatic carbocycles. The Labute approximate surface area is 171 Å². The van der Waals surface area contributed by atoms with E-state index in [1.807, 2.05) is 0 Å². The predicted molar refractivity (Wildman–Crippen MR) is 76.2 cm³/mol. The monoisotopic (exact) mass is 509 g/mol. The van der Waals surface area contributed by atoms with Crippen LogP contribution in [-0.4, -0.2) is 84.9 Å². The Morgan fingerprint density at radius 1 is 0.750 bits per heavy atom. The van der Waals surface area contributed by atoms with Crippen LogP contribution in [0, 0.1) is 0 Å². The minimum Gasteiger partial charge on any atom is -0.379 e. The van der Waals surface area contributed by atoms with E-state index in [0.717, 1.165) is 0 Å². The number of amides is 1. The van der Waals surface area contributed by atoms with Gasteiger partial charge in [0.15, 0.2) is 0 Å². The molecular weight excluding hydrogens is 493 g/mol. The fraction of sp³-hybridized carbons (Fsp3) is 0.929. The zero-order valence-corrected chi connectivity index (χ0v) is 15.8. The van der Waals surface area contributed by atoms with Crippen molar-refractivity contribution < 1.29 is 76.6 Å². The van der Waals surface area contributed by atoms with E-state index in [4.69, 9.17) is 9.94 Å². The zero-order chi connectivity index (χ0) is 25.8. The van der Waals surface area contributed by atoms with E-state index < -0.39 is 66.3 Å². The highest BCUT2D eigenvalue weighted by Crippen LogP contribution is 2.60. The number of ether oxygens (including phenoxy) is 2. The molecule has 1 amide bonds. The van der Waals surface area contributed by atoms with Gasteiger partial charge in [0.05, 0.1) is 19.8 Å². The molecule has 0 saturated heterocycles. The van der Waals surface area contributed by atoms with Crippen LogP contribution in [0.15, 0.2) is 0 Å². The fourth-order valence-electron chi connectivity index (χ4n) is 1.83. The first-order valence-electron chi connectivity index (χ1n) is 8.22. The van der Waals surface area contributed by atoms with E-state index in [0.29, 0.717) is 0 Å². The third-order valence-corrected chi connectivity index (χ3v) is 3.73. The number of hydroxylamine groups is 2. The summed E-state index contributed by atoms with van der Waals surface area (Å²) in [5.74, 6) is -39.2.